The maximum atomic E-state index is 13.5. The fourth-order valence-corrected chi connectivity index (χ4v) is 4.60. The van der Waals surface area contributed by atoms with Crippen LogP contribution in [0.2, 0.25) is 0 Å². The number of halogens is 1. The maximum Gasteiger partial charge on any atom is 0.407 e. The van der Waals surface area contributed by atoms with E-state index in [1.165, 1.54) is 34.1 Å². The summed E-state index contributed by atoms with van der Waals surface area (Å²) in [5.41, 5.74) is 1.12. The van der Waals surface area contributed by atoms with E-state index < -0.39 is 35.7 Å². The minimum atomic E-state index is -1.15. The molecule has 0 radical (unpaired) electrons. The molecule has 12 nitrogen and oxygen atoms in total. The number of methoxy groups -OCH3 is 1. The molecule has 13 heteroatoms. The van der Waals surface area contributed by atoms with Gasteiger partial charge in [0.05, 0.1) is 0 Å². The Hall–Kier alpha value is -4.13. The van der Waals surface area contributed by atoms with Crippen LogP contribution in [0.5, 0.6) is 0 Å². The fourth-order valence-electron chi connectivity index (χ4n) is 4.60. The van der Waals surface area contributed by atoms with Gasteiger partial charge in [-0.05, 0) is 49.1 Å². The Balaban J connectivity index is 1.57. The Morgan fingerprint density at radius 2 is 1.74 bits per heavy atom. The van der Waals surface area contributed by atoms with Crippen molar-refractivity contribution in [1.29, 1.82) is 0 Å². The molecule has 0 spiro atoms. The molecule has 1 aromatic carbocycles. The Kier molecular flexibility index (Phi) is 8.69. The highest BCUT2D eigenvalue weighted by molar-refractivity contribution is 5.96. The normalized spacial score (nSPS) is 19.3. The van der Waals surface area contributed by atoms with Gasteiger partial charge in [-0.25, -0.2) is 19.2 Å². The number of aliphatic carboxylic acids is 1. The van der Waals surface area contributed by atoms with Crippen LogP contribution in [0.25, 0.3) is 11.4 Å². The summed E-state index contributed by atoms with van der Waals surface area (Å²) in [4.78, 5) is 60.6. The molecule has 2 fully saturated rings. The average molecular weight is 544 g/mol. The zero-order valence-corrected chi connectivity index (χ0v) is 21.4. The SMILES string of the molecule is COC[C@H]1C[C@@H]1c1cc(C(=O)N[C@@H](CCC(=O)O)C(=O)N2CCN(C(=O)O)CC2)nc(-c2ccc(F)cc2)n1. The summed E-state index contributed by atoms with van der Waals surface area (Å²) in [5, 5.41) is 21.0. The molecule has 2 aromatic rings. The fraction of sp³-hybridized carbons (Fsp3) is 0.462. The summed E-state index contributed by atoms with van der Waals surface area (Å²) in [7, 11) is 1.61. The van der Waals surface area contributed by atoms with Gasteiger partial charge in [-0.1, -0.05) is 0 Å². The van der Waals surface area contributed by atoms with Gasteiger partial charge >= 0.3 is 12.1 Å². The second-order valence-electron chi connectivity index (χ2n) is 9.62. The lowest BCUT2D eigenvalue weighted by molar-refractivity contribution is -0.138. The summed E-state index contributed by atoms with van der Waals surface area (Å²) in [6.07, 6.45) is -0.780. The van der Waals surface area contributed by atoms with Crippen LogP contribution >= 0.6 is 0 Å². The van der Waals surface area contributed by atoms with E-state index >= 15 is 0 Å². The van der Waals surface area contributed by atoms with Crippen LogP contribution in [0.3, 0.4) is 0 Å². The van der Waals surface area contributed by atoms with Gasteiger partial charge < -0.3 is 30.1 Å². The number of nitrogens with one attached hydrogen (secondary N) is 1. The molecule has 1 aliphatic carbocycles. The smallest absolute Gasteiger partial charge is 0.407 e. The molecule has 1 saturated carbocycles. The first-order valence-electron chi connectivity index (χ1n) is 12.6. The number of nitrogens with zero attached hydrogens (tertiary/aromatic N) is 4. The highest BCUT2D eigenvalue weighted by Gasteiger charge is 2.40. The number of benzene rings is 1. The topological polar surface area (TPSA) is 162 Å². The number of carbonyl (C=O) groups is 4. The lowest BCUT2D eigenvalue weighted by atomic mass is 10.1. The van der Waals surface area contributed by atoms with Gasteiger partial charge in [-0.15, -0.1) is 0 Å². The minimum absolute atomic E-state index is 0.00814. The number of rotatable bonds is 10. The molecular weight excluding hydrogens is 513 g/mol. The van der Waals surface area contributed by atoms with Crippen LogP contribution in [0.4, 0.5) is 9.18 Å². The number of carboxylic acids is 1. The molecule has 2 aliphatic rings. The summed E-state index contributed by atoms with van der Waals surface area (Å²) in [6.45, 7) is 1.00. The van der Waals surface area contributed by atoms with E-state index in [0.717, 1.165) is 6.42 Å². The standard InChI is InChI=1S/C26H30FN5O7/c1-39-14-16-12-18(16)20-13-21(29-23(28-20)15-2-4-17(27)5-3-15)24(35)30-19(6-7-22(33)34)25(36)31-8-10-32(11-9-31)26(37)38/h2-5,13,16,18-19H,6-12,14H2,1H3,(H,30,35)(H,33,34)(H,37,38)/t16-,18+,19+/m1/s1. The van der Waals surface area contributed by atoms with E-state index in [-0.39, 0.29) is 62.4 Å². The molecule has 3 N–H and O–H groups in total. The minimum Gasteiger partial charge on any atom is -0.481 e. The number of ether oxygens (including phenoxy) is 1. The highest BCUT2D eigenvalue weighted by atomic mass is 19.1. The van der Waals surface area contributed by atoms with E-state index in [4.69, 9.17) is 9.84 Å². The summed E-state index contributed by atoms with van der Waals surface area (Å²) in [5.74, 6) is -2.23. The first-order valence-corrected chi connectivity index (χ1v) is 12.6. The van der Waals surface area contributed by atoms with Gasteiger partial charge in [0.15, 0.2) is 5.82 Å². The van der Waals surface area contributed by atoms with Gasteiger partial charge in [0.2, 0.25) is 5.91 Å². The predicted molar refractivity (Wildman–Crippen MR) is 134 cm³/mol. The zero-order chi connectivity index (χ0) is 28.1. The quantitative estimate of drug-likeness (QED) is 0.406. The molecule has 208 valence electrons. The first kappa shape index (κ1) is 27.9. The molecule has 4 rings (SSSR count). The van der Waals surface area contributed by atoms with E-state index in [9.17, 15) is 28.7 Å². The van der Waals surface area contributed by atoms with Gasteiger partial charge in [0.25, 0.3) is 5.91 Å². The van der Waals surface area contributed by atoms with Crippen molar-refractivity contribution in [2.45, 2.75) is 31.2 Å². The van der Waals surface area contributed by atoms with Crippen LogP contribution in [0.15, 0.2) is 30.3 Å². The van der Waals surface area contributed by atoms with Crippen LogP contribution in [-0.2, 0) is 14.3 Å². The van der Waals surface area contributed by atoms with Crippen molar-refractivity contribution in [3.63, 3.8) is 0 Å². The van der Waals surface area contributed by atoms with Crippen LogP contribution < -0.4 is 5.32 Å². The monoisotopic (exact) mass is 543 g/mol. The third kappa shape index (κ3) is 7.05. The van der Waals surface area contributed by atoms with E-state index in [0.29, 0.717) is 17.9 Å². The first-order chi connectivity index (χ1) is 18.7. The van der Waals surface area contributed by atoms with Crippen molar-refractivity contribution in [3.8, 4) is 11.4 Å². The van der Waals surface area contributed by atoms with E-state index in [2.05, 4.69) is 15.3 Å². The van der Waals surface area contributed by atoms with Crippen molar-refractivity contribution in [3.05, 3.63) is 47.5 Å². The maximum absolute atomic E-state index is 13.5. The van der Waals surface area contributed by atoms with Crippen molar-refractivity contribution in [2.75, 3.05) is 39.9 Å². The van der Waals surface area contributed by atoms with Crippen LogP contribution in [0, 0.1) is 11.7 Å². The molecule has 0 unspecified atom stereocenters. The number of piperazine rings is 1. The van der Waals surface area contributed by atoms with Crippen molar-refractivity contribution >= 4 is 23.9 Å². The van der Waals surface area contributed by atoms with Gasteiger partial charge in [-0.2, -0.15) is 0 Å². The number of hydrogen-bond acceptors (Lipinski definition) is 7. The van der Waals surface area contributed by atoms with Crippen LogP contribution in [-0.4, -0.2) is 99.8 Å². The third-order valence-electron chi connectivity index (χ3n) is 6.88. The summed E-state index contributed by atoms with van der Waals surface area (Å²) < 4.78 is 18.7. The van der Waals surface area contributed by atoms with Crippen LogP contribution in [0.1, 0.15) is 41.4 Å². The Bertz CT molecular complexity index is 1230. The largest absolute Gasteiger partial charge is 0.481 e. The van der Waals surface area contributed by atoms with Gasteiger partial charge in [-0.3, -0.25) is 14.4 Å². The molecule has 0 bridgehead atoms. The Morgan fingerprint density at radius 3 is 2.36 bits per heavy atom. The number of hydrogen-bond donors (Lipinski definition) is 3. The molecular formula is C26H30FN5O7. The molecule has 1 aliphatic heterocycles. The molecule has 39 heavy (non-hydrogen) atoms. The number of amides is 3. The zero-order valence-electron chi connectivity index (χ0n) is 21.4. The predicted octanol–water partition coefficient (Wildman–Crippen LogP) is 1.82. The van der Waals surface area contributed by atoms with Crippen molar-refractivity contribution in [1.82, 2.24) is 25.1 Å². The molecule has 3 amide bonds. The lowest BCUT2D eigenvalue weighted by Gasteiger charge is -2.35. The molecule has 1 aromatic heterocycles. The Morgan fingerprint density at radius 1 is 1.08 bits per heavy atom. The summed E-state index contributed by atoms with van der Waals surface area (Å²) in [6, 6.07) is 5.94. The average Bonchev–Trinajstić information content (AvgIpc) is 3.70. The number of carbonyl (C=O) groups excluding carboxylic acids is 2. The van der Waals surface area contributed by atoms with Gasteiger partial charge in [0.1, 0.15) is 17.6 Å². The van der Waals surface area contributed by atoms with Gasteiger partial charge in [0, 0.05) is 63.5 Å². The molecule has 3 atom stereocenters. The number of carboxylic acid groups (broad SMARTS) is 2. The second kappa shape index (κ2) is 12.2. The number of aromatic nitrogens is 2. The highest BCUT2D eigenvalue weighted by Crippen LogP contribution is 2.47. The second-order valence-corrected chi connectivity index (χ2v) is 9.62. The molecule has 1 saturated heterocycles. The van der Waals surface area contributed by atoms with E-state index in [1.807, 2.05) is 0 Å². The van der Waals surface area contributed by atoms with E-state index in [1.54, 1.807) is 13.2 Å². The van der Waals surface area contributed by atoms with Crippen molar-refractivity contribution in [2.24, 2.45) is 5.92 Å². The molecule has 2 heterocycles. The Labute approximate surface area is 223 Å². The van der Waals surface area contributed by atoms with Crippen molar-refractivity contribution < 1.29 is 38.5 Å². The third-order valence-corrected chi connectivity index (χ3v) is 6.88. The summed E-state index contributed by atoms with van der Waals surface area (Å²) >= 11 is 0. The lowest BCUT2D eigenvalue weighted by Crippen LogP contribution is -2.55.